The van der Waals surface area contributed by atoms with Crippen LogP contribution in [0.1, 0.15) is 11.1 Å². The summed E-state index contributed by atoms with van der Waals surface area (Å²) in [5.41, 5.74) is 1.51. The van der Waals surface area contributed by atoms with Crippen molar-refractivity contribution in [1.82, 2.24) is 0 Å². The van der Waals surface area contributed by atoms with Crippen LogP contribution in [-0.4, -0.2) is 11.7 Å². The molecule has 0 amide bonds. The van der Waals surface area contributed by atoms with E-state index in [1.807, 2.05) is 6.07 Å². The smallest absolute Gasteiger partial charge is 0.0991 e. The molecule has 1 aromatic rings. The first-order valence-corrected chi connectivity index (χ1v) is 4.54. The molecule has 0 unspecified atom stereocenters. The Morgan fingerprint density at radius 3 is 2.92 bits per heavy atom. The molecule has 0 radical (unpaired) electrons. The summed E-state index contributed by atoms with van der Waals surface area (Å²) in [4.78, 5) is 0. The van der Waals surface area contributed by atoms with Crippen LogP contribution in [0.15, 0.2) is 28.7 Å². The van der Waals surface area contributed by atoms with Gasteiger partial charge in [0.05, 0.1) is 18.2 Å². The van der Waals surface area contributed by atoms with Gasteiger partial charge in [0.1, 0.15) is 0 Å². The maximum atomic E-state index is 8.64. The van der Waals surface area contributed by atoms with Crippen LogP contribution in [0.5, 0.6) is 0 Å². The quantitative estimate of drug-likeness (QED) is 0.859. The topological polar surface area (TPSA) is 44.0 Å². The molecule has 0 spiro atoms. The van der Waals surface area contributed by atoms with Gasteiger partial charge >= 0.3 is 0 Å². The summed E-state index contributed by atoms with van der Waals surface area (Å²) in [5.74, 6) is 0. The lowest BCUT2D eigenvalue weighted by molar-refractivity contribution is 0.343. The molecule has 0 saturated heterocycles. The van der Waals surface area contributed by atoms with E-state index in [0.29, 0.717) is 5.56 Å². The first-order chi connectivity index (χ1) is 6.27. The fourth-order valence-corrected chi connectivity index (χ4v) is 1.30. The number of hydrogen-bond donors (Lipinski definition) is 1. The van der Waals surface area contributed by atoms with E-state index in [9.17, 15) is 0 Å². The lowest BCUT2D eigenvalue weighted by Crippen LogP contribution is -1.80. The van der Waals surface area contributed by atoms with E-state index in [0.717, 1.165) is 10.0 Å². The average molecular weight is 238 g/mol. The Hall–Kier alpha value is -1.11. The van der Waals surface area contributed by atoms with Gasteiger partial charge in [-0.25, -0.2) is 0 Å². The summed E-state index contributed by atoms with van der Waals surface area (Å²) < 4.78 is 0.913. The Balaban J connectivity index is 3.06. The molecular weight excluding hydrogens is 230 g/mol. The van der Waals surface area contributed by atoms with Gasteiger partial charge in [-0.2, -0.15) is 5.26 Å². The highest BCUT2D eigenvalue weighted by atomic mass is 79.9. The lowest BCUT2D eigenvalue weighted by atomic mass is 10.1. The third-order valence-electron chi connectivity index (χ3n) is 1.53. The van der Waals surface area contributed by atoms with Crippen LogP contribution >= 0.6 is 15.9 Å². The summed E-state index contributed by atoms with van der Waals surface area (Å²) in [6.45, 7) is 0.00320. The van der Waals surface area contributed by atoms with Gasteiger partial charge in [0.2, 0.25) is 0 Å². The first-order valence-electron chi connectivity index (χ1n) is 3.75. The predicted octanol–water partition coefficient (Wildman–Crippen LogP) is 2.33. The van der Waals surface area contributed by atoms with E-state index in [4.69, 9.17) is 10.4 Å². The fourth-order valence-electron chi connectivity index (χ4n) is 0.921. The van der Waals surface area contributed by atoms with Crippen LogP contribution < -0.4 is 0 Å². The monoisotopic (exact) mass is 237 g/mol. The Kier molecular flexibility index (Phi) is 3.69. The van der Waals surface area contributed by atoms with Crippen LogP contribution in [0.25, 0.3) is 6.08 Å². The maximum absolute atomic E-state index is 8.64. The van der Waals surface area contributed by atoms with Crippen molar-refractivity contribution in [3.63, 3.8) is 0 Å². The van der Waals surface area contributed by atoms with Gasteiger partial charge in [-0.1, -0.05) is 28.1 Å². The number of aliphatic hydroxyl groups excluding tert-OH is 1. The molecule has 2 nitrogen and oxygen atoms in total. The first kappa shape index (κ1) is 9.97. The van der Waals surface area contributed by atoms with E-state index in [2.05, 4.69) is 22.0 Å². The third kappa shape index (κ3) is 2.69. The number of benzene rings is 1. The zero-order chi connectivity index (χ0) is 9.68. The second kappa shape index (κ2) is 4.80. The number of nitrogens with zero attached hydrogens (tertiary/aromatic N) is 1. The van der Waals surface area contributed by atoms with Crippen LogP contribution in [0.4, 0.5) is 0 Å². The van der Waals surface area contributed by atoms with Gasteiger partial charge in [0.25, 0.3) is 0 Å². The van der Waals surface area contributed by atoms with E-state index in [1.54, 1.807) is 24.3 Å². The van der Waals surface area contributed by atoms with Crippen molar-refractivity contribution in [2.45, 2.75) is 0 Å². The highest BCUT2D eigenvalue weighted by molar-refractivity contribution is 9.10. The Bertz CT molecular complexity index is 366. The summed E-state index contributed by atoms with van der Waals surface area (Å²) >= 11 is 3.35. The second-order valence-electron chi connectivity index (χ2n) is 2.43. The minimum atomic E-state index is 0.00320. The standard InChI is InChI=1S/C10H8BrNO/c11-10-4-3-8(7-12)6-9(10)2-1-5-13/h1-4,6,13H,5H2/b2-1+. The zero-order valence-corrected chi connectivity index (χ0v) is 8.45. The molecule has 0 aliphatic rings. The number of aliphatic hydroxyl groups is 1. The van der Waals surface area contributed by atoms with Crippen molar-refractivity contribution in [2.24, 2.45) is 0 Å². The van der Waals surface area contributed by atoms with Crippen molar-refractivity contribution >= 4 is 22.0 Å². The van der Waals surface area contributed by atoms with Crippen LogP contribution in [0.3, 0.4) is 0 Å². The number of halogens is 1. The molecule has 0 heterocycles. The van der Waals surface area contributed by atoms with Crippen molar-refractivity contribution in [2.75, 3.05) is 6.61 Å². The molecule has 13 heavy (non-hydrogen) atoms. The molecule has 0 saturated carbocycles. The zero-order valence-electron chi connectivity index (χ0n) is 6.87. The molecular formula is C10H8BrNO. The molecule has 0 aromatic heterocycles. The number of nitriles is 1. The predicted molar refractivity (Wildman–Crippen MR) is 55.0 cm³/mol. The summed E-state index contributed by atoms with van der Waals surface area (Å²) in [6.07, 6.45) is 3.40. The van der Waals surface area contributed by atoms with E-state index < -0.39 is 0 Å². The third-order valence-corrected chi connectivity index (χ3v) is 2.25. The van der Waals surface area contributed by atoms with E-state index >= 15 is 0 Å². The van der Waals surface area contributed by atoms with Crippen LogP contribution in [-0.2, 0) is 0 Å². The molecule has 1 aromatic carbocycles. The molecule has 0 aliphatic carbocycles. The summed E-state index contributed by atoms with van der Waals surface area (Å²) in [7, 11) is 0. The van der Waals surface area contributed by atoms with Crippen LogP contribution in [0, 0.1) is 11.3 Å². The van der Waals surface area contributed by atoms with Gasteiger partial charge < -0.3 is 5.11 Å². The van der Waals surface area contributed by atoms with Crippen molar-refractivity contribution in [3.8, 4) is 6.07 Å². The number of rotatable bonds is 2. The molecule has 3 heteroatoms. The Labute approximate surface area is 85.3 Å². The molecule has 66 valence electrons. The van der Waals surface area contributed by atoms with Gasteiger partial charge in [0.15, 0.2) is 0 Å². The van der Waals surface area contributed by atoms with Gasteiger partial charge in [-0.3, -0.25) is 0 Å². The molecule has 1 rings (SSSR count). The van der Waals surface area contributed by atoms with E-state index in [-0.39, 0.29) is 6.61 Å². The SMILES string of the molecule is N#Cc1ccc(Br)c(/C=C/CO)c1. The summed E-state index contributed by atoms with van der Waals surface area (Å²) in [5, 5.41) is 17.2. The highest BCUT2D eigenvalue weighted by Crippen LogP contribution is 2.19. The molecule has 0 atom stereocenters. The highest BCUT2D eigenvalue weighted by Gasteiger charge is 1.97. The molecule has 0 aliphatic heterocycles. The number of hydrogen-bond acceptors (Lipinski definition) is 2. The second-order valence-corrected chi connectivity index (χ2v) is 3.29. The Morgan fingerprint density at radius 2 is 2.31 bits per heavy atom. The van der Waals surface area contributed by atoms with Crippen molar-refractivity contribution in [1.29, 1.82) is 5.26 Å². The summed E-state index contributed by atoms with van der Waals surface area (Å²) in [6, 6.07) is 7.37. The molecule has 0 bridgehead atoms. The van der Waals surface area contributed by atoms with Crippen molar-refractivity contribution in [3.05, 3.63) is 39.9 Å². The van der Waals surface area contributed by atoms with Gasteiger partial charge in [0, 0.05) is 4.47 Å². The lowest BCUT2D eigenvalue weighted by Gasteiger charge is -1.97. The average Bonchev–Trinajstić information content (AvgIpc) is 2.17. The molecule has 1 N–H and O–H groups in total. The van der Waals surface area contributed by atoms with Gasteiger partial charge in [-0.15, -0.1) is 0 Å². The normalized spacial score (nSPS) is 10.2. The Morgan fingerprint density at radius 1 is 1.54 bits per heavy atom. The van der Waals surface area contributed by atoms with E-state index in [1.165, 1.54) is 0 Å². The van der Waals surface area contributed by atoms with Crippen LogP contribution in [0.2, 0.25) is 0 Å². The van der Waals surface area contributed by atoms with Gasteiger partial charge in [-0.05, 0) is 23.8 Å². The van der Waals surface area contributed by atoms with Crippen molar-refractivity contribution < 1.29 is 5.11 Å². The molecule has 0 fully saturated rings. The minimum Gasteiger partial charge on any atom is -0.392 e. The fraction of sp³-hybridized carbons (Fsp3) is 0.100. The maximum Gasteiger partial charge on any atom is 0.0991 e. The minimum absolute atomic E-state index is 0.00320. The largest absolute Gasteiger partial charge is 0.392 e.